The second kappa shape index (κ2) is 10.2. The van der Waals surface area contributed by atoms with E-state index in [1.54, 1.807) is 24.4 Å². The van der Waals surface area contributed by atoms with Crippen molar-refractivity contribution in [3.05, 3.63) is 88.6 Å². The molecule has 2 aliphatic rings. The highest BCUT2D eigenvalue weighted by atomic mass is 32.1. The van der Waals surface area contributed by atoms with Gasteiger partial charge in [0.2, 0.25) is 0 Å². The summed E-state index contributed by atoms with van der Waals surface area (Å²) in [4.78, 5) is 9.08. The number of hydrogen-bond donors (Lipinski definition) is 2. The number of rotatable bonds is 6. The zero-order chi connectivity index (χ0) is 22.3. The van der Waals surface area contributed by atoms with Gasteiger partial charge >= 0.3 is 0 Å². The first-order valence-electron chi connectivity index (χ1n) is 10.3. The number of hydrogen-bond acceptors (Lipinski definition) is 6. The molecule has 4 rings (SSSR count). The predicted molar refractivity (Wildman–Crippen MR) is 129 cm³/mol. The van der Waals surface area contributed by atoms with E-state index >= 15 is 0 Å². The van der Waals surface area contributed by atoms with E-state index < -0.39 is 0 Å². The molecule has 0 amide bonds. The molecule has 2 heterocycles. The lowest BCUT2D eigenvalue weighted by molar-refractivity contribution is 0.0983. The van der Waals surface area contributed by atoms with Gasteiger partial charge in [-0.05, 0) is 56.3 Å². The summed E-state index contributed by atoms with van der Waals surface area (Å²) in [7, 11) is 0. The number of allylic oxidation sites excluding steroid dienone is 5. The van der Waals surface area contributed by atoms with Gasteiger partial charge in [-0.3, -0.25) is 0 Å². The molecular weight excluding hydrogens is 423 g/mol. The third-order valence-corrected chi connectivity index (χ3v) is 5.79. The average Bonchev–Trinajstić information content (AvgIpc) is 3.31. The Morgan fingerprint density at radius 3 is 2.94 bits per heavy atom. The minimum atomic E-state index is -0.338. The quantitative estimate of drug-likeness (QED) is 0.619. The van der Waals surface area contributed by atoms with Gasteiger partial charge in [0.15, 0.2) is 0 Å². The van der Waals surface area contributed by atoms with Crippen LogP contribution in [0.2, 0.25) is 0 Å². The minimum Gasteiger partial charge on any atom is -0.490 e. The first kappa shape index (κ1) is 21.8. The zero-order valence-corrected chi connectivity index (χ0v) is 18.3. The second-order valence-electron chi connectivity index (χ2n) is 7.32. The summed E-state index contributed by atoms with van der Waals surface area (Å²) in [6, 6.07) is 6.13. The molecule has 1 aliphatic heterocycles. The number of aliphatic imine (C=N–C) groups is 1. The second-order valence-corrected chi connectivity index (χ2v) is 8.21. The Balaban J connectivity index is 1.66. The number of terminal acetylenes is 1. The largest absolute Gasteiger partial charge is 0.490 e. The van der Waals surface area contributed by atoms with E-state index in [1.807, 2.05) is 17.5 Å². The maximum Gasteiger partial charge on any atom is 0.132 e. The topological polar surface area (TPSA) is 58.5 Å². The summed E-state index contributed by atoms with van der Waals surface area (Å²) < 4.78 is 19.9. The van der Waals surface area contributed by atoms with Gasteiger partial charge in [0.05, 0.1) is 11.3 Å². The van der Waals surface area contributed by atoms with E-state index in [1.165, 1.54) is 23.5 Å². The highest BCUT2D eigenvalue weighted by Gasteiger charge is 2.24. The number of nitrogens with one attached hydrogen (secondary N) is 2. The van der Waals surface area contributed by atoms with Gasteiger partial charge in [-0.1, -0.05) is 18.6 Å². The number of nitrogens with zero attached hydrogens (tertiary/aromatic N) is 2. The smallest absolute Gasteiger partial charge is 0.132 e. The van der Waals surface area contributed by atoms with Crippen molar-refractivity contribution in [2.24, 2.45) is 4.99 Å². The summed E-state index contributed by atoms with van der Waals surface area (Å²) in [5.74, 6) is 3.30. The fourth-order valence-corrected chi connectivity index (χ4v) is 4.17. The number of anilines is 1. The summed E-state index contributed by atoms with van der Waals surface area (Å²) in [6.07, 6.45) is 14.8. The maximum atomic E-state index is 13.5. The van der Waals surface area contributed by atoms with Crippen LogP contribution in [0.3, 0.4) is 0 Å². The lowest BCUT2D eigenvalue weighted by Crippen LogP contribution is -2.32. The summed E-state index contributed by atoms with van der Waals surface area (Å²) in [5, 5.41) is 9.15. The van der Waals surface area contributed by atoms with Crippen LogP contribution >= 0.6 is 11.3 Å². The average molecular weight is 447 g/mol. The normalized spacial score (nSPS) is 19.2. The molecular formula is C25H23FN4OS. The van der Waals surface area contributed by atoms with Crippen LogP contribution in [0.4, 0.5) is 10.1 Å². The van der Waals surface area contributed by atoms with E-state index in [-0.39, 0.29) is 11.9 Å². The fourth-order valence-electron chi connectivity index (χ4n) is 3.51. The summed E-state index contributed by atoms with van der Waals surface area (Å²) in [5.41, 5.74) is 2.80. The molecule has 32 heavy (non-hydrogen) atoms. The first-order chi connectivity index (χ1) is 15.6. The molecule has 1 fully saturated rings. The molecule has 0 spiro atoms. The van der Waals surface area contributed by atoms with Crippen LogP contribution in [0, 0.1) is 18.2 Å². The number of ether oxygens (including phenoxy) is 1. The molecule has 5 nitrogen and oxygen atoms in total. The number of piperidine rings is 1. The molecule has 2 aromatic rings. The molecule has 0 unspecified atom stereocenters. The molecule has 2 N–H and O–H groups in total. The van der Waals surface area contributed by atoms with Gasteiger partial charge < -0.3 is 15.4 Å². The molecule has 0 atom stereocenters. The van der Waals surface area contributed by atoms with E-state index in [4.69, 9.17) is 11.2 Å². The molecule has 1 aliphatic carbocycles. The monoisotopic (exact) mass is 446 g/mol. The highest BCUT2D eigenvalue weighted by Crippen LogP contribution is 2.33. The van der Waals surface area contributed by atoms with Crippen LogP contribution in [0.5, 0.6) is 0 Å². The first-order valence-corrected chi connectivity index (χ1v) is 11.2. The number of halogens is 1. The lowest BCUT2D eigenvalue weighted by atomic mass is 9.97. The van der Waals surface area contributed by atoms with Crippen LogP contribution in [0.15, 0.2) is 82.8 Å². The minimum absolute atomic E-state index is 0.110. The van der Waals surface area contributed by atoms with Crippen molar-refractivity contribution in [3.8, 4) is 12.3 Å². The van der Waals surface area contributed by atoms with Crippen molar-refractivity contribution in [2.75, 3.05) is 18.4 Å². The van der Waals surface area contributed by atoms with Gasteiger partial charge in [-0.25, -0.2) is 14.4 Å². The van der Waals surface area contributed by atoms with E-state index in [9.17, 15) is 4.39 Å². The van der Waals surface area contributed by atoms with Crippen LogP contribution < -0.4 is 10.6 Å². The number of aromatic nitrogens is 1. The van der Waals surface area contributed by atoms with Gasteiger partial charge in [-0.2, -0.15) is 0 Å². The van der Waals surface area contributed by atoms with Crippen LogP contribution in [0.25, 0.3) is 5.57 Å². The van der Waals surface area contributed by atoms with Gasteiger partial charge in [0.1, 0.15) is 28.5 Å². The Bertz CT molecular complexity index is 1150. The SMILES string of the molecule is C#C/C=C1/C=C(c2nccs2)C(OC2CCNCC2)=C/C1=N/C(=C)Nc1cccc(F)c1. The van der Waals surface area contributed by atoms with E-state index in [2.05, 4.69) is 33.1 Å². The molecule has 1 aromatic heterocycles. The third-order valence-electron chi connectivity index (χ3n) is 4.98. The molecule has 0 radical (unpaired) electrons. The maximum absolute atomic E-state index is 13.5. The molecule has 0 saturated carbocycles. The van der Waals surface area contributed by atoms with Gasteiger partial charge in [0, 0.05) is 28.9 Å². The zero-order valence-electron chi connectivity index (χ0n) is 17.5. The number of thiazole rings is 1. The molecule has 1 aromatic carbocycles. The van der Waals surface area contributed by atoms with Gasteiger partial charge in [0.25, 0.3) is 0 Å². The summed E-state index contributed by atoms with van der Waals surface area (Å²) in [6.45, 7) is 5.81. The Morgan fingerprint density at radius 1 is 1.38 bits per heavy atom. The van der Waals surface area contributed by atoms with Crippen molar-refractivity contribution in [1.82, 2.24) is 10.3 Å². The van der Waals surface area contributed by atoms with E-state index in [0.29, 0.717) is 23.0 Å². The van der Waals surface area contributed by atoms with Crippen molar-refractivity contribution >= 4 is 28.3 Å². The fraction of sp³-hybridized carbons (Fsp3) is 0.200. The Kier molecular flexibility index (Phi) is 6.95. The Labute approximate surface area is 191 Å². The van der Waals surface area contributed by atoms with Crippen molar-refractivity contribution in [2.45, 2.75) is 18.9 Å². The third kappa shape index (κ3) is 5.41. The summed E-state index contributed by atoms with van der Waals surface area (Å²) >= 11 is 1.54. The molecule has 0 bridgehead atoms. The van der Waals surface area contributed by atoms with Crippen LogP contribution in [0.1, 0.15) is 17.8 Å². The molecule has 162 valence electrons. The standard InChI is InChI=1S/C25H23FN4OS/c1-3-5-18-14-22(25-28-12-13-32-25)24(31-21-8-10-27-11-9-21)16-23(18)30-17(2)29-20-7-4-6-19(26)15-20/h1,4-7,12-16,21,27,29H,2,8-11H2/b18-5-,30-23-. The molecule has 1 saturated heterocycles. The predicted octanol–water partition coefficient (Wildman–Crippen LogP) is 4.92. The van der Waals surface area contributed by atoms with Crippen LogP contribution in [-0.4, -0.2) is 29.9 Å². The van der Waals surface area contributed by atoms with E-state index in [0.717, 1.165) is 42.1 Å². The van der Waals surface area contributed by atoms with Crippen molar-refractivity contribution < 1.29 is 9.13 Å². The van der Waals surface area contributed by atoms with Crippen LogP contribution in [-0.2, 0) is 4.74 Å². The lowest BCUT2D eigenvalue weighted by Gasteiger charge is -2.27. The van der Waals surface area contributed by atoms with Gasteiger partial charge in [-0.15, -0.1) is 17.8 Å². The highest BCUT2D eigenvalue weighted by molar-refractivity contribution is 7.10. The molecule has 7 heteroatoms. The van der Waals surface area contributed by atoms with Crippen molar-refractivity contribution in [1.29, 1.82) is 0 Å². The Hall–Kier alpha value is -3.47. The Morgan fingerprint density at radius 2 is 2.22 bits per heavy atom. The number of benzene rings is 1. The van der Waals surface area contributed by atoms with Crippen molar-refractivity contribution in [3.63, 3.8) is 0 Å².